The van der Waals surface area contributed by atoms with Crippen molar-refractivity contribution in [3.8, 4) is 5.75 Å². The molecular weight excluding hydrogens is 410 g/mol. The van der Waals surface area contributed by atoms with E-state index in [-0.39, 0.29) is 17.4 Å². The van der Waals surface area contributed by atoms with E-state index in [2.05, 4.69) is 17.2 Å². The number of amidine groups is 2. The summed E-state index contributed by atoms with van der Waals surface area (Å²) < 4.78 is 11.1. The van der Waals surface area contributed by atoms with E-state index < -0.39 is 5.54 Å². The Morgan fingerprint density at radius 2 is 2.31 bits per heavy atom. The number of nitrogens with two attached hydrogens (primary N) is 1. The van der Waals surface area contributed by atoms with Crippen LogP contribution in [-0.4, -0.2) is 64.1 Å². The Morgan fingerprint density at radius 3 is 3.07 bits per heavy atom. The Balaban J connectivity index is 1.53. The van der Waals surface area contributed by atoms with Gasteiger partial charge in [0.15, 0.2) is 5.17 Å². The lowest BCUT2D eigenvalue weighted by atomic mass is 9.80. The largest absolute Gasteiger partial charge is 0.495 e. The number of aliphatic imine (C=N–C) groups is 2. The van der Waals surface area contributed by atoms with Crippen LogP contribution in [0.4, 0.5) is 0 Å². The summed E-state index contributed by atoms with van der Waals surface area (Å²) in [6, 6.07) is 1.79. The molecule has 1 aromatic rings. The number of ether oxygens (including phenoxy) is 2. The van der Waals surface area contributed by atoms with Gasteiger partial charge in [0.05, 0.1) is 31.8 Å². The lowest BCUT2D eigenvalue weighted by Gasteiger charge is -2.47. The smallest absolute Gasteiger partial charge is 0.275 e. The summed E-state index contributed by atoms with van der Waals surface area (Å²) >= 11 is 3.28. The van der Waals surface area contributed by atoms with Crippen molar-refractivity contribution >= 4 is 40.4 Å². The van der Waals surface area contributed by atoms with Gasteiger partial charge in [0, 0.05) is 11.7 Å². The molecule has 4 rings (SSSR count). The van der Waals surface area contributed by atoms with Crippen LogP contribution in [0.1, 0.15) is 29.4 Å². The zero-order valence-electron chi connectivity index (χ0n) is 16.7. The minimum Gasteiger partial charge on any atom is -0.495 e. The molecule has 8 nitrogen and oxygen atoms in total. The normalized spacial score (nSPS) is 31.5. The van der Waals surface area contributed by atoms with E-state index in [4.69, 9.17) is 25.2 Å². The molecule has 4 unspecified atom stereocenters. The van der Waals surface area contributed by atoms with Crippen LogP contribution in [0, 0.1) is 12.8 Å². The predicted octanol–water partition coefficient (Wildman–Crippen LogP) is 1.83. The van der Waals surface area contributed by atoms with E-state index in [1.807, 2.05) is 6.92 Å². The van der Waals surface area contributed by atoms with Gasteiger partial charge in [0.2, 0.25) is 0 Å². The molecule has 3 N–H and O–H groups in total. The van der Waals surface area contributed by atoms with Gasteiger partial charge in [-0.2, -0.15) is 0 Å². The SMILES string of the molecule is COc1cnc(C(=O)NC2=NC(C34COC(C)CC3CSC(N)=N4)SC2)c(C)c1. The predicted molar refractivity (Wildman–Crippen MR) is 117 cm³/mol. The number of nitrogens with one attached hydrogen (secondary N) is 1. The molecule has 4 heterocycles. The average molecular weight is 436 g/mol. The van der Waals surface area contributed by atoms with Crippen molar-refractivity contribution in [2.45, 2.75) is 37.3 Å². The first-order chi connectivity index (χ1) is 13.9. The van der Waals surface area contributed by atoms with Crippen LogP contribution in [0.25, 0.3) is 0 Å². The fourth-order valence-corrected chi connectivity index (χ4v) is 6.24. The highest BCUT2D eigenvalue weighted by molar-refractivity contribution is 8.13. The maximum absolute atomic E-state index is 12.7. The number of rotatable bonds is 3. The van der Waals surface area contributed by atoms with Crippen LogP contribution < -0.4 is 15.8 Å². The zero-order valence-corrected chi connectivity index (χ0v) is 18.3. The van der Waals surface area contributed by atoms with Crippen molar-refractivity contribution in [3.63, 3.8) is 0 Å². The van der Waals surface area contributed by atoms with Gasteiger partial charge in [0.1, 0.15) is 28.2 Å². The molecule has 0 saturated carbocycles. The van der Waals surface area contributed by atoms with E-state index in [1.54, 1.807) is 36.7 Å². The van der Waals surface area contributed by atoms with Gasteiger partial charge >= 0.3 is 0 Å². The van der Waals surface area contributed by atoms with Gasteiger partial charge in [-0.1, -0.05) is 11.8 Å². The number of fused-ring (bicyclic) bond motifs is 1. The number of methoxy groups -OCH3 is 1. The summed E-state index contributed by atoms with van der Waals surface area (Å²) in [6.45, 7) is 4.43. The Hall–Kier alpha value is -1.78. The number of aryl methyl sites for hydroxylation is 1. The second kappa shape index (κ2) is 8.16. The molecule has 0 spiro atoms. The highest BCUT2D eigenvalue weighted by atomic mass is 32.2. The Bertz CT molecular complexity index is 877. The molecule has 1 saturated heterocycles. The third-order valence-corrected chi connectivity index (χ3v) is 7.74. The van der Waals surface area contributed by atoms with Gasteiger partial charge in [0.25, 0.3) is 5.91 Å². The van der Waals surface area contributed by atoms with Crippen molar-refractivity contribution in [1.82, 2.24) is 10.3 Å². The highest BCUT2D eigenvalue weighted by Gasteiger charge is 2.53. The molecule has 0 bridgehead atoms. The molecule has 1 fully saturated rings. The first kappa shape index (κ1) is 20.5. The topological polar surface area (TPSA) is 111 Å². The van der Waals surface area contributed by atoms with E-state index >= 15 is 0 Å². The number of thioether (sulfide) groups is 2. The van der Waals surface area contributed by atoms with Crippen molar-refractivity contribution in [2.75, 3.05) is 25.2 Å². The highest BCUT2D eigenvalue weighted by Crippen LogP contribution is 2.46. The van der Waals surface area contributed by atoms with Gasteiger partial charge in [-0.15, -0.1) is 11.8 Å². The second-order valence-electron chi connectivity index (χ2n) is 7.54. The third kappa shape index (κ3) is 3.97. The number of carbonyl (C=O) groups is 1. The number of pyridine rings is 1. The molecule has 0 radical (unpaired) electrons. The number of hydrogen-bond donors (Lipinski definition) is 2. The van der Waals surface area contributed by atoms with Gasteiger partial charge < -0.3 is 20.5 Å². The van der Waals surface area contributed by atoms with Crippen LogP contribution in [0.3, 0.4) is 0 Å². The van der Waals surface area contributed by atoms with Crippen LogP contribution in [0.5, 0.6) is 5.75 Å². The van der Waals surface area contributed by atoms with Crippen molar-refractivity contribution in [3.05, 3.63) is 23.5 Å². The summed E-state index contributed by atoms with van der Waals surface area (Å²) in [6.07, 6.45) is 2.69. The second-order valence-corrected chi connectivity index (χ2v) is 9.65. The van der Waals surface area contributed by atoms with Gasteiger partial charge in [-0.05, 0) is 31.9 Å². The van der Waals surface area contributed by atoms with Crippen LogP contribution in [0.2, 0.25) is 0 Å². The zero-order chi connectivity index (χ0) is 20.6. The molecular formula is C19H25N5O3S2. The lowest BCUT2D eigenvalue weighted by molar-refractivity contribution is -0.0439. The molecule has 0 aromatic carbocycles. The molecule has 10 heteroatoms. The average Bonchev–Trinajstić information content (AvgIpc) is 3.17. The summed E-state index contributed by atoms with van der Waals surface area (Å²) in [5, 5.41) is 3.38. The number of aromatic nitrogens is 1. The minimum absolute atomic E-state index is 0.125. The first-order valence-corrected chi connectivity index (χ1v) is 11.5. The number of nitrogens with zero attached hydrogens (tertiary/aromatic N) is 3. The van der Waals surface area contributed by atoms with Crippen LogP contribution in [0.15, 0.2) is 22.2 Å². The van der Waals surface area contributed by atoms with Crippen LogP contribution >= 0.6 is 23.5 Å². The fourth-order valence-electron chi connectivity index (χ4n) is 3.94. The first-order valence-electron chi connectivity index (χ1n) is 9.51. The molecule has 0 aliphatic carbocycles. The Labute approximate surface area is 178 Å². The quantitative estimate of drug-likeness (QED) is 0.745. The lowest BCUT2D eigenvalue weighted by Crippen LogP contribution is -2.56. The standard InChI is InChI=1S/C19H25N5O3S2/c1-10-4-13(26-3)6-21-15(10)16(25)22-14-8-28-17(23-14)19-9-27-11(2)5-12(19)7-29-18(20)24-19/h4,6,11-12,17H,5,7-9H2,1-3H3,(H2,20,24)(H,22,23,25). The Morgan fingerprint density at radius 1 is 1.48 bits per heavy atom. The van der Waals surface area contributed by atoms with Crippen molar-refractivity contribution < 1.29 is 14.3 Å². The summed E-state index contributed by atoms with van der Waals surface area (Å²) in [5.41, 5.74) is 6.72. The summed E-state index contributed by atoms with van der Waals surface area (Å²) in [7, 11) is 1.57. The number of amides is 1. The van der Waals surface area contributed by atoms with E-state index in [0.717, 1.165) is 17.7 Å². The maximum atomic E-state index is 12.7. The van der Waals surface area contributed by atoms with Crippen molar-refractivity contribution in [2.24, 2.45) is 21.6 Å². The number of hydrogen-bond acceptors (Lipinski definition) is 9. The maximum Gasteiger partial charge on any atom is 0.275 e. The van der Waals surface area contributed by atoms with Gasteiger partial charge in [-0.25, -0.2) is 4.98 Å². The molecule has 3 aliphatic heterocycles. The summed E-state index contributed by atoms with van der Waals surface area (Å²) in [4.78, 5) is 26.6. The van der Waals surface area contributed by atoms with Crippen molar-refractivity contribution in [1.29, 1.82) is 0 Å². The van der Waals surface area contributed by atoms with E-state index in [9.17, 15) is 4.79 Å². The minimum atomic E-state index is -0.465. The summed E-state index contributed by atoms with van der Waals surface area (Å²) in [5.74, 6) is 2.88. The Kier molecular flexibility index (Phi) is 5.76. The van der Waals surface area contributed by atoms with E-state index in [1.165, 1.54) is 6.20 Å². The molecule has 1 amide bonds. The third-order valence-electron chi connectivity index (χ3n) is 5.51. The number of carbonyl (C=O) groups excluding carboxylic acids is 1. The molecule has 3 aliphatic rings. The monoisotopic (exact) mass is 435 g/mol. The van der Waals surface area contributed by atoms with Crippen LogP contribution in [-0.2, 0) is 4.74 Å². The van der Waals surface area contributed by atoms with E-state index in [0.29, 0.717) is 40.7 Å². The molecule has 1 aromatic heterocycles. The fraction of sp³-hybridized carbons (Fsp3) is 0.579. The molecule has 156 valence electrons. The molecule has 29 heavy (non-hydrogen) atoms. The molecule has 4 atom stereocenters. The van der Waals surface area contributed by atoms with Gasteiger partial charge in [-0.3, -0.25) is 14.8 Å².